The van der Waals surface area contributed by atoms with Crippen LogP contribution in [0.1, 0.15) is 27.7 Å². The molecule has 2 heteroatoms. The topological polar surface area (TPSA) is 26.3 Å². The molecule has 2 aliphatic rings. The van der Waals surface area contributed by atoms with Crippen LogP contribution in [0.2, 0.25) is 0 Å². The maximum absolute atomic E-state index is 12.5. The molecule has 0 unspecified atom stereocenters. The summed E-state index contributed by atoms with van der Waals surface area (Å²) in [4.78, 5) is 12.5. The first-order chi connectivity index (χ1) is 7.33. The van der Waals surface area contributed by atoms with E-state index in [9.17, 15) is 4.79 Å². The van der Waals surface area contributed by atoms with Crippen LogP contribution in [0.25, 0.3) is 0 Å². The molecule has 0 saturated heterocycles. The zero-order chi connectivity index (χ0) is 12.1. The van der Waals surface area contributed by atoms with Gasteiger partial charge in [0.15, 0.2) is 0 Å². The van der Waals surface area contributed by atoms with Gasteiger partial charge in [-0.3, -0.25) is 4.79 Å². The number of carbonyl (C=O) groups excluding carboxylic acids is 1. The molecule has 0 aromatic carbocycles. The average Bonchev–Trinajstić information content (AvgIpc) is 2.58. The second-order valence-corrected chi connectivity index (χ2v) is 5.97. The van der Waals surface area contributed by atoms with E-state index in [1.807, 2.05) is 34.0 Å². The summed E-state index contributed by atoms with van der Waals surface area (Å²) >= 11 is 0. The molecule has 0 aliphatic heterocycles. The van der Waals surface area contributed by atoms with Crippen LogP contribution in [0.5, 0.6) is 0 Å². The van der Waals surface area contributed by atoms with Crippen molar-refractivity contribution in [1.82, 2.24) is 0 Å². The molecule has 0 N–H and O–H groups in total. The standard InChI is InChI=1S/C14H20O2/c1-13(2)10-6-7-11(9(10)8-16-5)14(3,4)12(13)15/h6-8,10-11H,1-5H3/t10-,11+. The number of fused-ring (bicyclic) bond motifs is 2. The molecule has 2 nitrogen and oxygen atoms in total. The number of hydrogen-bond donors (Lipinski definition) is 0. The van der Waals surface area contributed by atoms with Crippen molar-refractivity contribution in [2.24, 2.45) is 22.7 Å². The predicted molar refractivity (Wildman–Crippen MR) is 63.8 cm³/mol. The highest BCUT2D eigenvalue weighted by Crippen LogP contribution is 2.56. The number of methoxy groups -OCH3 is 1. The fourth-order valence-electron chi connectivity index (χ4n) is 3.35. The van der Waals surface area contributed by atoms with Gasteiger partial charge in [0, 0.05) is 22.7 Å². The average molecular weight is 220 g/mol. The van der Waals surface area contributed by atoms with Crippen LogP contribution in [-0.2, 0) is 9.53 Å². The van der Waals surface area contributed by atoms with E-state index in [4.69, 9.17) is 4.74 Å². The van der Waals surface area contributed by atoms with Gasteiger partial charge in [0.05, 0.1) is 13.4 Å². The molecule has 1 saturated carbocycles. The number of allylic oxidation sites excluding steroid dienone is 3. The molecule has 0 amide bonds. The zero-order valence-corrected chi connectivity index (χ0v) is 10.7. The minimum Gasteiger partial charge on any atom is -0.504 e. The third-order valence-electron chi connectivity index (χ3n) is 4.19. The van der Waals surface area contributed by atoms with Crippen LogP contribution in [-0.4, -0.2) is 12.9 Å². The van der Waals surface area contributed by atoms with Crippen molar-refractivity contribution in [2.75, 3.05) is 7.11 Å². The highest BCUT2D eigenvalue weighted by molar-refractivity contribution is 5.93. The number of ketones is 1. The highest BCUT2D eigenvalue weighted by Gasteiger charge is 2.56. The molecule has 2 aliphatic carbocycles. The van der Waals surface area contributed by atoms with E-state index in [1.165, 1.54) is 5.57 Å². The summed E-state index contributed by atoms with van der Waals surface area (Å²) in [6.45, 7) is 8.16. The van der Waals surface area contributed by atoms with E-state index >= 15 is 0 Å². The van der Waals surface area contributed by atoms with Gasteiger partial charge in [-0.05, 0) is 5.57 Å². The third kappa shape index (κ3) is 1.22. The number of Topliss-reactive ketones (excluding diaryl/α,β-unsaturated/α-hetero) is 1. The van der Waals surface area contributed by atoms with Gasteiger partial charge in [0.25, 0.3) is 0 Å². The monoisotopic (exact) mass is 220 g/mol. The molecule has 16 heavy (non-hydrogen) atoms. The van der Waals surface area contributed by atoms with E-state index < -0.39 is 0 Å². The summed E-state index contributed by atoms with van der Waals surface area (Å²) in [6, 6.07) is 0. The molecule has 0 spiro atoms. The number of ether oxygens (including phenoxy) is 1. The summed E-state index contributed by atoms with van der Waals surface area (Å²) in [6.07, 6.45) is 6.16. The van der Waals surface area contributed by atoms with Gasteiger partial charge in [0.1, 0.15) is 5.78 Å². The van der Waals surface area contributed by atoms with Gasteiger partial charge in [-0.25, -0.2) is 0 Å². The lowest BCUT2D eigenvalue weighted by Crippen LogP contribution is -2.49. The van der Waals surface area contributed by atoms with E-state index in [1.54, 1.807) is 7.11 Å². The molecule has 0 radical (unpaired) electrons. The Hall–Kier alpha value is -1.05. The van der Waals surface area contributed by atoms with Crippen LogP contribution >= 0.6 is 0 Å². The zero-order valence-electron chi connectivity index (χ0n) is 10.7. The maximum Gasteiger partial charge on any atom is 0.145 e. The van der Waals surface area contributed by atoms with E-state index in [2.05, 4.69) is 12.2 Å². The van der Waals surface area contributed by atoms with Gasteiger partial charge in [0.2, 0.25) is 0 Å². The minimum atomic E-state index is -0.322. The SMILES string of the molecule is COC=C1[C@H]2C=C[C@@H]1C(C)(C)C(=O)C2(C)C. The Labute approximate surface area is 97.4 Å². The van der Waals surface area contributed by atoms with E-state index in [0.29, 0.717) is 5.78 Å². The summed E-state index contributed by atoms with van der Waals surface area (Å²) in [5, 5.41) is 0. The molecule has 2 atom stereocenters. The van der Waals surface area contributed by atoms with Crippen molar-refractivity contribution >= 4 is 5.78 Å². The van der Waals surface area contributed by atoms with Gasteiger partial charge in [-0.15, -0.1) is 0 Å². The smallest absolute Gasteiger partial charge is 0.145 e. The van der Waals surface area contributed by atoms with Crippen molar-refractivity contribution < 1.29 is 9.53 Å². The van der Waals surface area contributed by atoms with Crippen molar-refractivity contribution in [3.8, 4) is 0 Å². The fraction of sp³-hybridized carbons (Fsp3) is 0.643. The van der Waals surface area contributed by atoms with E-state index in [-0.39, 0.29) is 22.7 Å². The van der Waals surface area contributed by atoms with Crippen molar-refractivity contribution in [1.29, 1.82) is 0 Å². The summed E-state index contributed by atoms with van der Waals surface area (Å²) in [7, 11) is 1.67. The Kier molecular flexibility index (Phi) is 2.30. The first kappa shape index (κ1) is 11.4. The molecule has 0 aromatic rings. The fourth-order valence-corrected chi connectivity index (χ4v) is 3.35. The molecule has 2 rings (SSSR count). The highest BCUT2D eigenvalue weighted by atomic mass is 16.5. The largest absolute Gasteiger partial charge is 0.504 e. The second kappa shape index (κ2) is 3.22. The van der Waals surface area contributed by atoms with E-state index in [0.717, 1.165) is 0 Å². The summed E-state index contributed by atoms with van der Waals surface area (Å²) in [5.74, 6) is 0.768. The molecular weight excluding hydrogens is 200 g/mol. The minimum absolute atomic E-state index is 0.206. The van der Waals surface area contributed by atoms with Crippen molar-refractivity contribution in [3.05, 3.63) is 24.0 Å². The quantitative estimate of drug-likeness (QED) is 0.501. The van der Waals surface area contributed by atoms with Crippen LogP contribution in [0, 0.1) is 22.7 Å². The van der Waals surface area contributed by atoms with Crippen molar-refractivity contribution in [2.45, 2.75) is 27.7 Å². The first-order valence-electron chi connectivity index (χ1n) is 5.79. The predicted octanol–water partition coefficient (Wildman–Crippen LogP) is 2.95. The Morgan fingerprint density at radius 3 is 1.94 bits per heavy atom. The Bertz CT molecular complexity index is 356. The molecule has 0 heterocycles. The molecule has 88 valence electrons. The lowest BCUT2D eigenvalue weighted by Gasteiger charge is -2.46. The second-order valence-electron chi connectivity index (χ2n) is 5.97. The lowest BCUT2D eigenvalue weighted by atomic mass is 9.56. The Morgan fingerprint density at radius 1 is 1.12 bits per heavy atom. The lowest BCUT2D eigenvalue weighted by molar-refractivity contribution is -0.141. The van der Waals surface area contributed by atoms with Gasteiger partial charge < -0.3 is 4.74 Å². The van der Waals surface area contributed by atoms with Crippen LogP contribution in [0.15, 0.2) is 24.0 Å². The Balaban J connectivity index is 2.55. The molecule has 0 aromatic heterocycles. The number of hydrogen-bond acceptors (Lipinski definition) is 2. The third-order valence-corrected chi connectivity index (χ3v) is 4.19. The van der Waals surface area contributed by atoms with Crippen LogP contribution in [0.3, 0.4) is 0 Å². The molecule has 2 bridgehead atoms. The van der Waals surface area contributed by atoms with Crippen molar-refractivity contribution in [3.63, 3.8) is 0 Å². The number of carbonyl (C=O) groups is 1. The normalized spacial score (nSPS) is 36.8. The Morgan fingerprint density at radius 2 is 1.56 bits per heavy atom. The van der Waals surface area contributed by atoms with Gasteiger partial charge in [-0.2, -0.15) is 0 Å². The molecule has 1 fully saturated rings. The van der Waals surface area contributed by atoms with Crippen LogP contribution in [0.4, 0.5) is 0 Å². The summed E-state index contributed by atoms with van der Waals surface area (Å²) < 4.78 is 5.17. The van der Waals surface area contributed by atoms with Crippen LogP contribution < -0.4 is 0 Å². The number of rotatable bonds is 1. The summed E-state index contributed by atoms with van der Waals surface area (Å²) in [5.41, 5.74) is 0.603. The van der Waals surface area contributed by atoms with Gasteiger partial charge >= 0.3 is 0 Å². The first-order valence-corrected chi connectivity index (χ1v) is 5.79. The van der Waals surface area contributed by atoms with Gasteiger partial charge in [-0.1, -0.05) is 39.8 Å². The molecular formula is C14H20O2. The maximum atomic E-state index is 12.5.